The van der Waals surface area contributed by atoms with Gasteiger partial charge in [0.05, 0.1) is 18.9 Å². The molecule has 0 amide bonds. The molecule has 0 fully saturated rings. The van der Waals surface area contributed by atoms with Gasteiger partial charge in [0.1, 0.15) is 6.10 Å². The molecule has 0 radical (unpaired) electrons. The molecule has 1 atom stereocenters. The monoisotopic (exact) mass is 619 g/mol. The lowest BCUT2D eigenvalue weighted by Gasteiger charge is -2.23. The summed E-state index contributed by atoms with van der Waals surface area (Å²) in [6, 6.07) is 0. The average Bonchev–Trinajstić information content (AvgIpc) is 3.47. The zero-order valence-corrected chi connectivity index (χ0v) is 30.1. The molecular formula is C40H78N2O2. The van der Waals surface area contributed by atoms with Crippen LogP contribution in [0.5, 0.6) is 0 Å². The number of hydrogen-bond donors (Lipinski definition) is 1. The van der Waals surface area contributed by atoms with Crippen molar-refractivity contribution in [3.05, 3.63) is 0 Å². The molecule has 260 valence electrons. The standard InChI is InChI=1S/C40H78N2O2/c1-3-5-7-9-11-13-15-17-19-21-23-25-27-29-31-33-38(43)39(44)37-42-36-35-41-40(42)34-32-30-28-26-24-22-20-18-16-14-12-10-8-6-4-2/h39,44H,3-37H2,1-2H3. The van der Waals surface area contributed by atoms with E-state index in [9.17, 15) is 9.90 Å². The number of Topliss-reactive ketones (excluding diaryl/α,β-unsaturated/α-hetero) is 1. The molecule has 4 nitrogen and oxygen atoms in total. The molecule has 0 saturated heterocycles. The van der Waals surface area contributed by atoms with Gasteiger partial charge in [-0.3, -0.25) is 9.79 Å². The van der Waals surface area contributed by atoms with Crippen LogP contribution in [0.3, 0.4) is 0 Å². The first-order valence-electron chi connectivity index (χ1n) is 20.2. The van der Waals surface area contributed by atoms with Crippen LogP contribution in [0, 0.1) is 0 Å². The molecule has 1 aliphatic heterocycles. The van der Waals surface area contributed by atoms with Crippen LogP contribution in [0.4, 0.5) is 0 Å². The maximum Gasteiger partial charge on any atom is 0.163 e. The Morgan fingerprint density at radius 2 is 0.909 bits per heavy atom. The number of aliphatic hydroxyl groups excluding tert-OH is 1. The topological polar surface area (TPSA) is 52.9 Å². The second-order valence-electron chi connectivity index (χ2n) is 14.1. The summed E-state index contributed by atoms with van der Waals surface area (Å²) in [5.74, 6) is 1.15. The molecule has 44 heavy (non-hydrogen) atoms. The summed E-state index contributed by atoms with van der Waals surface area (Å²) in [7, 11) is 0. The number of aliphatic imine (C=N–C) groups is 1. The molecule has 0 saturated carbocycles. The number of carbonyl (C=O) groups excluding carboxylic acids is 1. The number of ketones is 1. The maximum atomic E-state index is 12.6. The lowest BCUT2D eigenvalue weighted by atomic mass is 10.0. The first-order valence-corrected chi connectivity index (χ1v) is 20.2. The molecule has 0 aliphatic carbocycles. The highest BCUT2D eigenvalue weighted by atomic mass is 16.3. The van der Waals surface area contributed by atoms with Gasteiger partial charge < -0.3 is 10.0 Å². The van der Waals surface area contributed by atoms with Gasteiger partial charge in [-0.1, -0.05) is 194 Å². The molecule has 0 spiro atoms. The number of amidine groups is 1. The van der Waals surface area contributed by atoms with Crippen LogP contribution in [-0.2, 0) is 4.79 Å². The molecule has 1 heterocycles. The van der Waals surface area contributed by atoms with Gasteiger partial charge in [0, 0.05) is 19.4 Å². The van der Waals surface area contributed by atoms with Crippen LogP contribution in [-0.4, -0.2) is 47.4 Å². The lowest BCUT2D eigenvalue weighted by molar-refractivity contribution is -0.127. The number of unbranched alkanes of at least 4 members (excludes halogenated alkanes) is 28. The predicted molar refractivity (Wildman–Crippen MR) is 194 cm³/mol. The number of β-amino-alcohol motifs (C(OH)–C–C–N with tert-alkyl or cyclic N) is 1. The van der Waals surface area contributed by atoms with Gasteiger partial charge in [0.15, 0.2) is 5.78 Å². The summed E-state index contributed by atoms with van der Waals surface area (Å²) in [5, 5.41) is 10.6. The van der Waals surface area contributed by atoms with E-state index in [4.69, 9.17) is 4.99 Å². The number of aliphatic hydroxyl groups is 1. The van der Waals surface area contributed by atoms with E-state index >= 15 is 0 Å². The summed E-state index contributed by atoms with van der Waals surface area (Å²) in [5.41, 5.74) is 0. The van der Waals surface area contributed by atoms with Crippen LogP contribution in [0.25, 0.3) is 0 Å². The van der Waals surface area contributed by atoms with Crippen LogP contribution >= 0.6 is 0 Å². The molecule has 1 N–H and O–H groups in total. The van der Waals surface area contributed by atoms with Crippen molar-refractivity contribution in [2.75, 3.05) is 19.6 Å². The van der Waals surface area contributed by atoms with E-state index in [0.29, 0.717) is 13.0 Å². The normalized spacial score (nSPS) is 14.0. The Morgan fingerprint density at radius 3 is 1.30 bits per heavy atom. The second kappa shape index (κ2) is 32.1. The first-order chi connectivity index (χ1) is 21.7. The van der Waals surface area contributed by atoms with Crippen molar-refractivity contribution < 1.29 is 9.90 Å². The molecule has 0 aromatic carbocycles. The summed E-state index contributed by atoms with van der Waals surface area (Å²) in [6.07, 6.45) is 41.3. The Balaban J connectivity index is 1.92. The lowest BCUT2D eigenvalue weighted by Crippen LogP contribution is -2.39. The fraction of sp³-hybridized carbons (Fsp3) is 0.950. The Morgan fingerprint density at radius 1 is 0.568 bits per heavy atom. The highest BCUT2D eigenvalue weighted by Crippen LogP contribution is 2.17. The number of nitrogens with zero attached hydrogens (tertiary/aromatic N) is 2. The van der Waals surface area contributed by atoms with E-state index < -0.39 is 6.10 Å². The molecule has 0 aromatic heterocycles. The Kier molecular flexibility index (Phi) is 30.0. The van der Waals surface area contributed by atoms with E-state index in [1.54, 1.807) is 0 Å². The molecule has 1 aliphatic rings. The maximum absolute atomic E-state index is 12.6. The third-order valence-corrected chi connectivity index (χ3v) is 9.82. The van der Waals surface area contributed by atoms with Gasteiger partial charge in [0.25, 0.3) is 0 Å². The van der Waals surface area contributed by atoms with Crippen LogP contribution < -0.4 is 0 Å². The van der Waals surface area contributed by atoms with E-state index in [1.807, 2.05) is 0 Å². The fourth-order valence-electron chi connectivity index (χ4n) is 6.76. The van der Waals surface area contributed by atoms with E-state index in [0.717, 1.165) is 38.2 Å². The van der Waals surface area contributed by atoms with E-state index in [-0.39, 0.29) is 5.78 Å². The first kappa shape index (κ1) is 41.1. The van der Waals surface area contributed by atoms with Gasteiger partial charge in [-0.05, 0) is 12.8 Å². The van der Waals surface area contributed by atoms with Crippen molar-refractivity contribution in [2.45, 2.75) is 225 Å². The van der Waals surface area contributed by atoms with Crippen molar-refractivity contribution in [3.63, 3.8) is 0 Å². The number of rotatable bonds is 35. The van der Waals surface area contributed by atoms with Gasteiger partial charge in [-0.25, -0.2) is 0 Å². The van der Waals surface area contributed by atoms with Crippen molar-refractivity contribution in [2.24, 2.45) is 4.99 Å². The number of hydrogen-bond acceptors (Lipinski definition) is 4. The van der Waals surface area contributed by atoms with Crippen molar-refractivity contribution in [1.82, 2.24) is 4.90 Å². The van der Waals surface area contributed by atoms with Crippen LogP contribution in [0.2, 0.25) is 0 Å². The Bertz CT molecular complexity index is 649. The van der Waals surface area contributed by atoms with Crippen molar-refractivity contribution in [3.8, 4) is 0 Å². The van der Waals surface area contributed by atoms with Crippen molar-refractivity contribution in [1.29, 1.82) is 0 Å². The highest BCUT2D eigenvalue weighted by molar-refractivity contribution is 5.86. The molecule has 1 unspecified atom stereocenters. The molecule has 4 heteroatoms. The molecular weight excluding hydrogens is 540 g/mol. The third-order valence-electron chi connectivity index (χ3n) is 9.82. The quantitative estimate of drug-likeness (QED) is 0.0719. The molecule has 0 aromatic rings. The molecule has 1 rings (SSSR count). The zero-order chi connectivity index (χ0) is 31.8. The average molecular weight is 619 g/mol. The van der Waals surface area contributed by atoms with Gasteiger partial charge >= 0.3 is 0 Å². The minimum atomic E-state index is -0.856. The van der Waals surface area contributed by atoms with Gasteiger partial charge in [-0.15, -0.1) is 0 Å². The largest absolute Gasteiger partial charge is 0.383 e. The third kappa shape index (κ3) is 25.3. The Hall–Kier alpha value is -0.900. The predicted octanol–water partition coefficient (Wildman–Crippen LogP) is 12.2. The summed E-state index contributed by atoms with van der Waals surface area (Å²) >= 11 is 0. The summed E-state index contributed by atoms with van der Waals surface area (Å²) in [6.45, 7) is 6.69. The van der Waals surface area contributed by atoms with E-state index in [1.165, 1.54) is 180 Å². The van der Waals surface area contributed by atoms with Crippen molar-refractivity contribution >= 4 is 11.6 Å². The smallest absolute Gasteiger partial charge is 0.163 e. The van der Waals surface area contributed by atoms with Gasteiger partial charge in [0.2, 0.25) is 0 Å². The van der Waals surface area contributed by atoms with Crippen LogP contribution in [0.15, 0.2) is 4.99 Å². The fourth-order valence-corrected chi connectivity index (χ4v) is 6.76. The zero-order valence-electron chi connectivity index (χ0n) is 30.1. The number of carbonyl (C=O) groups is 1. The van der Waals surface area contributed by atoms with E-state index in [2.05, 4.69) is 18.7 Å². The SMILES string of the molecule is CCCCCCCCCCCCCCCCCC(=O)C(O)CN1CCN=C1CCCCCCCCCCCCCCCCC. The minimum absolute atomic E-state index is 0.0258. The van der Waals surface area contributed by atoms with Crippen LogP contribution in [0.1, 0.15) is 219 Å². The minimum Gasteiger partial charge on any atom is -0.383 e. The van der Waals surface area contributed by atoms with Gasteiger partial charge in [-0.2, -0.15) is 0 Å². The Labute approximate surface area is 276 Å². The second-order valence-corrected chi connectivity index (χ2v) is 14.1. The summed E-state index contributed by atoms with van der Waals surface area (Å²) < 4.78 is 0. The highest BCUT2D eigenvalue weighted by Gasteiger charge is 2.23. The molecule has 0 bridgehead atoms. The summed E-state index contributed by atoms with van der Waals surface area (Å²) in [4.78, 5) is 19.4.